The van der Waals surface area contributed by atoms with E-state index in [1.165, 1.54) is 10.5 Å². The van der Waals surface area contributed by atoms with Crippen LogP contribution in [0.2, 0.25) is 5.02 Å². The molecule has 0 radical (unpaired) electrons. The minimum absolute atomic E-state index is 0.558. The van der Waals surface area contributed by atoms with Gasteiger partial charge in [-0.3, -0.25) is 10.00 Å². The van der Waals surface area contributed by atoms with Crippen molar-refractivity contribution >= 4 is 39.5 Å². The van der Waals surface area contributed by atoms with E-state index in [9.17, 15) is 4.79 Å². The number of nitrogens with zero attached hydrogens (tertiary/aromatic N) is 3. The molecular formula is C21H20ClN5O2. The topological polar surface area (TPSA) is 88.2 Å². The number of hydrogen-bond donors (Lipinski definition) is 3. The summed E-state index contributed by atoms with van der Waals surface area (Å²) >= 11 is 6.07. The predicted molar refractivity (Wildman–Crippen MR) is 113 cm³/mol. The van der Waals surface area contributed by atoms with Crippen LogP contribution < -0.4 is 0 Å². The van der Waals surface area contributed by atoms with E-state index >= 15 is 0 Å². The second-order valence-electron chi connectivity index (χ2n) is 7.41. The number of nitrogens with one attached hydrogen (secondary N) is 2. The van der Waals surface area contributed by atoms with Crippen LogP contribution in [0.4, 0.5) is 4.79 Å². The maximum Gasteiger partial charge on any atom is 0.407 e. The summed E-state index contributed by atoms with van der Waals surface area (Å²) in [4.78, 5) is 18.3. The summed E-state index contributed by atoms with van der Waals surface area (Å²) in [6, 6.07) is 14.2. The summed E-state index contributed by atoms with van der Waals surface area (Å²) < 4.78 is 0. The maximum atomic E-state index is 11.1. The molecule has 29 heavy (non-hydrogen) atoms. The molecule has 1 amide bonds. The van der Waals surface area contributed by atoms with Gasteiger partial charge in [0.1, 0.15) is 5.69 Å². The Morgan fingerprint density at radius 3 is 2.69 bits per heavy atom. The summed E-state index contributed by atoms with van der Waals surface area (Å²) in [5.74, 6) is 0. The Bertz CT molecular complexity index is 1210. The molecule has 1 aliphatic heterocycles. The molecule has 3 N–H and O–H groups in total. The van der Waals surface area contributed by atoms with Crippen molar-refractivity contribution in [3.05, 3.63) is 53.1 Å². The highest BCUT2D eigenvalue weighted by molar-refractivity contribution is 6.31. The van der Waals surface area contributed by atoms with Gasteiger partial charge in [-0.2, -0.15) is 5.10 Å². The highest BCUT2D eigenvalue weighted by Gasteiger charge is 2.20. The number of benzene rings is 2. The number of piperazine rings is 1. The molecule has 148 valence electrons. The third kappa shape index (κ3) is 3.43. The number of carboxylic acid groups (broad SMARTS) is 1. The molecule has 4 aromatic rings. The van der Waals surface area contributed by atoms with Gasteiger partial charge in [0, 0.05) is 54.0 Å². The Labute approximate surface area is 171 Å². The first-order valence-corrected chi connectivity index (χ1v) is 9.90. The average molecular weight is 410 g/mol. The van der Waals surface area contributed by atoms with Gasteiger partial charge < -0.3 is 15.0 Å². The number of H-pyrrole nitrogens is 2. The second-order valence-corrected chi connectivity index (χ2v) is 7.85. The van der Waals surface area contributed by atoms with Gasteiger partial charge in [0.15, 0.2) is 0 Å². The summed E-state index contributed by atoms with van der Waals surface area (Å²) in [5.41, 5.74) is 5.02. The van der Waals surface area contributed by atoms with Crippen molar-refractivity contribution < 1.29 is 9.90 Å². The van der Waals surface area contributed by atoms with Crippen molar-refractivity contribution in [3.63, 3.8) is 0 Å². The Morgan fingerprint density at radius 1 is 1.07 bits per heavy atom. The van der Waals surface area contributed by atoms with Crippen molar-refractivity contribution in [2.24, 2.45) is 0 Å². The fourth-order valence-electron chi connectivity index (χ4n) is 3.96. The summed E-state index contributed by atoms with van der Waals surface area (Å²) in [7, 11) is 0. The van der Waals surface area contributed by atoms with E-state index in [2.05, 4.69) is 44.3 Å². The van der Waals surface area contributed by atoms with Gasteiger partial charge in [-0.1, -0.05) is 17.7 Å². The number of carbonyl (C=O) groups is 1. The van der Waals surface area contributed by atoms with Crippen molar-refractivity contribution in [2.75, 3.05) is 26.2 Å². The van der Waals surface area contributed by atoms with Gasteiger partial charge in [-0.05, 0) is 42.0 Å². The van der Waals surface area contributed by atoms with Crippen LogP contribution >= 0.6 is 11.6 Å². The third-order valence-electron chi connectivity index (χ3n) is 5.51. The largest absolute Gasteiger partial charge is 0.465 e. The SMILES string of the molecule is O=C(O)N1CCN(Cc2ccc3[nH]c(-c4n[nH]c5cc(Cl)ccc45)cc3c2)CC1. The Balaban J connectivity index is 1.38. The molecule has 7 nitrogen and oxygen atoms in total. The molecule has 3 heterocycles. The van der Waals surface area contributed by atoms with Crippen molar-refractivity contribution in [1.82, 2.24) is 25.0 Å². The van der Waals surface area contributed by atoms with Gasteiger partial charge >= 0.3 is 6.09 Å². The molecule has 2 aromatic heterocycles. The van der Waals surface area contributed by atoms with E-state index < -0.39 is 6.09 Å². The number of aromatic amines is 2. The lowest BCUT2D eigenvalue weighted by molar-refractivity contribution is 0.103. The van der Waals surface area contributed by atoms with Crippen LogP contribution in [-0.2, 0) is 6.54 Å². The molecule has 0 atom stereocenters. The van der Waals surface area contributed by atoms with E-state index in [0.717, 1.165) is 52.8 Å². The van der Waals surface area contributed by atoms with E-state index in [1.807, 2.05) is 18.2 Å². The van der Waals surface area contributed by atoms with E-state index in [-0.39, 0.29) is 0 Å². The lowest BCUT2D eigenvalue weighted by atomic mass is 10.1. The van der Waals surface area contributed by atoms with Crippen LogP contribution in [-0.4, -0.2) is 62.4 Å². The summed E-state index contributed by atoms with van der Waals surface area (Å²) in [5, 5.41) is 19.4. The molecular weight excluding hydrogens is 390 g/mol. The number of halogens is 1. The molecule has 0 bridgehead atoms. The smallest absolute Gasteiger partial charge is 0.407 e. The van der Waals surface area contributed by atoms with Gasteiger partial charge in [0.2, 0.25) is 0 Å². The van der Waals surface area contributed by atoms with E-state index in [4.69, 9.17) is 16.7 Å². The molecule has 5 rings (SSSR count). The van der Waals surface area contributed by atoms with Crippen LogP contribution in [0.1, 0.15) is 5.56 Å². The van der Waals surface area contributed by atoms with E-state index in [1.54, 1.807) is 0 Å². The Kier molecular flexibility index (Phi) is 4.41. The minimum atomic E-state index is -0.834. The van der Waals surface area contributed by atoms with Crippen LogP contribution in [0.15, 0.2) is 42.5 Å². The van der Waals surface area contributed by atoms with Crippen LogP contribution in [0.25, 0.3) is 33.2 Å². The fourth-order valence-corrected chi connectivity index (χ4v) is 4.13. The number of aromatic nitrogens is 3. The van der Waals surface area contributed by atoms with Crippen molar-refractivity contribution in [3.8, 4) is 11.4 Å². The second kappa shape index (κ2) is 7.09. The minimum Gasteiger partial charge on any atom is -0.465 e. The first kappa shape index (κ1) is 18.0. The summed E-state index contributed by atoms with van der Waals surface area (Å²) in [6.07, 6.45) is -0.834. The Hall–Kier alpha value is -3.03. The molecule has 8 heteroatoms. The average Bonchev–Trinajstić information content (AvgIpc) is 3.31. The molecule has 0 spiro atoms. The first-order chi connectivity index (χ1) is 14.1. The molecule has 0 unspecified atom stereocenters. The molecule has 1 fully saturated rings. The lowest BCUT2D eigenvalue weighted by Gasteiger charge is -2.33. The molecule has 1 saturated heterocycles. The third-order valence-corrected chi connectivity index (χ3v) is 5.75. The van der Waals surface area contributed by atoms with Gasteiger partial charge in [0.25, 0.3) is 0 Å². The first-order valence-electron chi connectivity index (χ1n) is 9.53. The van der Waals surface area contributed by atoms with Gasteiger partial charge in [-0.15, -0.1) is 0 Å². The van der Waals surface area contributed by atoms with Crippen molar-refractivity contribution in [2.45, 2.75) is 6.54 Å². The molecule has 1 aliphatic rings. The van der Waals surface area contributed by atoms with Crippen molar-refractivity contribution in [1.29, 1.82) is 0 Å². The van der Waals surface area contributed by atoms with Crippen LogP contribution in [0, 0.1) is 0 Å². The molecule has 2 aromatic carbocycles. The van der Waals surface area contributed by atoms with Crippen LogP contribution in [0.3, 0.4) is 0 Å². The van der Waals surface area contributed by atoms with Gasteiger partial charge in [-0.25, -0.2) is 4.79 Å². The zero-order chi connectivity index (χ0) is 20.0. The maximum absolute atomic E-state index is 11.1. The highest BCUT2D eigenvalue weighted by Crippen LogP contribution is 2.30. The van der Waals surface area contributed by atoms with E-state index in [0.29, 0.717) is 18.1 Å². The zero-order valence-electron chi connectivity index (χ0n) is 15.7. The van der Waals surface area contributed by atoms with Gasteiger partial charge in [0.05, 0.1) is 11.2 Å². The number of amides is 1. The number of fused-ring (bicyclic) bond motifs is 2. The van der Waals surface area contributed by atoms with Crippen LogP contribution in [0.5, 0.6) is 0 Å². The number of hydrogen-bond acceptors (Lipinski definition) is 3. The quantitative estimate of drug-likeness (QED) is 0.474. The molecule has 0 saturated carbocycles. The standard InChI is InChI=1S/C21H20ClN5O2/c22-15-2-3-16-18(11-15)24-25-20(16)19-10-14-9-13(1-4-17(14)23-19)12-26-5-7-27(8-6-26)21(28)29/h1-4,9-11,23H,5-8,12H2,(H,24,25)(H,28,29). The normalized spacial score (nSPS) is 15.4. The lowest BCUT2D eigenvalue weighted by Crippen LogP contribution is -2.47. The monoisotopic (exact) mass is 409 g/mol. The molecule has 0 aliphatic carbocycles. The fraction of sp³-hybridized carbons (Fsp3) is 0.238. The Morgan fingerprint density at radius 2 is 1.90 bits per heavy atom. The predicted octanol–water partition coefficient (Wildman–Crippen LogP) is 4.16. The zero-order valence-corrected chi connectivity index (χ0v) is 16.4. The summed E-state index contributed by atoms with van der Waals surface area (Å²) in [6.45, 7) is 3.44. The highest BCUT2D eigenvalue weighted by atomic mass is 35.5. The number of rotatable bonds is 3.